The molecule has 0 aliphatic heterocycles. The van der Waals surface area contributed by atoms with Crippen molar-refractivity contribution in [2.24, 2.45) is 5.92 Å². The zero-order valence-corrected chi connectivity index (χ0v) is 12.4. The van der Waals surface area contributed by atoms with E-state index in [0.717, 1.165) is 18.6 Å². The average Bonchev–Trinajstić information content (AvgIpc) is 2.38. The van der Waals surface area contributed by atoms with Crippen molar-refractivity contribution in [2.45, 2.75) is 52.7 Å². The first-order valence-electron chi connectivity index (χ1n) is 7.12. The number of ether oxygens (including phenoxy) is 1. The predicted octanol–water partition coefficient (Wildman–Crippen LogP) is 3.08. The maximum Gasteiger partial charge on any atom is 0.168 e. The fraction of sp³-hybridized carbons (Fsp3) is 0.667. The Balaban J connectivity index is 2.62. The van der Waals surface area contributed by atoms with Crippen molar-refractivity contribution in [3.05, 3.63) is 18.3 Å². The van der Waals surface area contributed by atoms with Crippen molar-refractivity contribution < 1.29 is 9.84 Å². The van der Waals surface area contributed by atoms with Gasteiger partial charge in [0.1, 0.15) is 0 Å². The van der Waals surface area contributed by atoms with E-state index in [9.17, 15) is 5.11 Å². The van der Waals surface area contributed by atoms with Crippen LogP contribution in [-0.4, -0.2) is 28.8 Å². The van der Waals surface area contributed by atoms with Crippen LogP contribution >= 0.6 is 0 Å². The summed E-state index contributed by atoms with van der Waals surface area (Å²) >= 11 is 0. The number of anilines is 1. The van der Waals surface area contributed by atoms with E-state index in [1.54, 1.807) is 6.20 Å². The molecule has 0 saturated carbocycles. The van der Waals surface area contributed by atoms with E-state index in [4.69, 9.17) is 4.74 Å². The van der Waals surface area contributed by atoms with Crippen molar-refractivity contribution in [2.75, 3.05) is 11.9 Å². The maximum atomic E-state index is 10.1. The maximum absolute atomic E-state index is 10.1. The smallest absolute Gasteiger partial charge is 0.168 e. The van der Waals surface area contributed by atoms with Crippen molar-refractivity contribution in [3.8, 4) is 5.75 Å². The predicted molar refractivity (Wildman–Crippen MR) is 78.6 cm³/mol. The summed E-state index contributed by atoms with van der Waals surface area (Å²) in [6.45, 7) is 8.67. The highest BCUT2D eigenvalue weighted by Gasteiger charge is 2.16. The van der Waals surface area contributed by atoms with Gasteiger partial charge in [-0.1, -0.05) is 26.7 Å². The molecule has 108 valence electrons. The van der Waals surface area contributed by atoms with Crippen molar-refractivity contribution in [1.29, 1.82) is 0 Å². The number of aliphatic hydroxyl groups excluding tert-OH is 1. The highest BCUT2D eigenvalue weighted by Crippen LogP contribution is 2.22. The molecule has 2 N–H and O–H groups in total. The zero-order chi connectivity index (χ0) is 14.3. The number of aromatic nitrogens is 1. The normalized spacial score (nSPS) is 12.8. The van der Waals surface area contributed by atoms with Gasteiger partial charge in [-0.05, 0) is 31.9 Å². The lowest BCUT2D eigenvalue weighted by molar-refractivity contribution is 0.114. The molecule has 1 atom stereocenters. The Hall–Kier alpha value is -1.29. The van der Waals surface area contributed by atoms with Gasteiger partial charge in [-0.25, -0.2) is 4.98 Å². The van der Waals surface area contributed by atoms with Gasteiger partial charge in [-0.15, -0.1) is 0 Å². The van der Waals surface area contributed by atoms with Crippen LogP contribution in [0, 0.1) is 5.92 Å². The number of aliphatic hydroxyl groups is 1. The summed E-state index contributed by atoms with van der Waals surface area (Å²) in [7, 11) is 0. The largest absolute Gasteiger partial charge is 0.487 e. The summed E-state index contributed by atoms with van der Waals surface area (Å²) in [5.74, 6) is 1.75. The van der Waals surface area contributed by atoms with Gasteiger partial charge < -0.3 is 15.2 Å². The molecule has 1 heterocycles. The van der Waals surface area contributed by atoms with Crippen LogP contribution in [0.3, 0.4) is 0 Å². The molecular formula is C15H26N2O2. The Morgan fingerprint density at radius 2 is 2.00 bits per heavy atom. The molecule has 0 aromatic carbocycles. The van der Waals surface area contributed by atoms with E-state index in [0.29, 0.717) is 18.3 Å². The molecule has 0 aliphatic rings. The standard InChI is InChI=1S/C15H26N2O2/c1-5-12(6-2)13(18)10-17-15-14(19-11(3)4)8-7-9-16-15/h7-9,11-13,18H,5-6,10H2,1-4H3,(H,16,17). The number of hydrogen-bond acceptors (Lipinski definition) is 4. The van der Waals surface area contributed by atoms with Crippen LogP contribution in [0.2, 0.25) is 0 Å². The van der Waals surface area contributed by atoms with Gasteiger partial charge in [0, 0.05) is 12.7 Å². The van der Waals surface area contributed by atoms with Crippen LogP contribution in [-0.2, 0) is 0 Å². The third kappa shape index (κ3) is 5.07. The quantitative estimate of drug-likeness (QED) is 0.759. The molecule has 1 aromatic heterocycles. The molecule has 4 heteroatoms. The van der Waals surface area contributed by atoms with Crippen LogP contribution < -0.4 is 10.1 Å². The number of nitrogens with zero attached hydrogens (tertiary/aromatic N) is 1. The minimum Gasteiger partial charge on any atom is -0.487 e. The number of nitrogens with one attached hydrogen (secondary N) is 1. The zero-order valence-electron chi connectivity index (χ0n) is 12.4. The second kappa shape index (κ2) is 8.00. The van der Waals surface area contributed by atoms with Gasteiger partial charge in [-0.2, -0.15) is 0 Å². The van der Waals surface area contributed by atoms with Crippen molar-refractivity contribution >= 4 is 5.82 Å². The number of hydrogen-bond donors (Lipinski definition) is 2. The topological polar surface area (TPSA) is 54.4 Å². The van der Waals surface area contributed by atoms with Gasteiger partial charge in [0.05, 0.1) is 12.2 Å². The first-order chi connectivity index (χ1) is 9.08. The SMILES string of the molecule is CCC(CC)C(O)CNc1ncccc1OC(C)C. The van der Waals surface area contributed by atoms with Crippen molar-refractivity contribution in [3.63, 3.8) is 0 Å². The first-order valence-corrected chi connectivity index (χ1v) is 7.12. The molecule has 1 unspecified atom stereocenters. The van der Waals surface area contributed by atoms with Gasteiger partial charge >= 0.3 is 0 Å². The molecule has 0 radical (unpaired) electrons. The van der Waals surface area contributed by atoms with Crippen LogP contribution in [0.1, 0.15) is 40.5 Å². The molecule has 0 aliphatic carbocycles. The number of rotatable bonds is 8. The molecule has 1 rings (SSSR count). The van der Waals surface area contributed by atoms with E-state index in [1.165, 1.54) is 0 Å². The lowest BCUT2D eigenvalue weighted by atomic mass is 9.96. The van der Waals surface area contributed by atoms with Crippen LogP contribution in [0.15, 0.2) is 18.3 Å². The average molecular weight is 266 g/mol. The lowest BCUT2D eigenvalue weighted by Gasteiger charge is -2.21. The van der Waals surface area contributed by atoms with Crippen LogP contribution in [0.25, 0.3) is 0 Å². The van der Waals surface area contributed by atoms with Gasteiger partial charge in [-0.3, -0.25) is 0 Å². The third-order valence-corrected chi connectivity index (χ3v) is 3.20. The number of pyridine rings is 1. The Morgan fingerprint density at radius 1 is 1.32 bits per heavy atom. The Labute approximate surface area is 116 Å². The summed E-state index contributed by atoms with van der Waals surface area (Å²) in [6.07, 6.45) is 3.44. The molecule has 0 amide bonds. The molecule has 0 fully saturated rings. The Bertz CT molecular complexity index is 365. The molecule has 19 heavy (non-hydrogen) atoms. The minimum absolute atomic E-state index is 0.105. The van der Waals surface area contributed by atoms with Gasteiger partial charge in [0.25, 0.3) is 0 Å². The summed E-state index contributed by atoms with van der Waals surface area (Å²) in [5.41, 5.74) is 0. The summed E-state index contributed by atoms with van der Waals surface area (Å²) in [4.78, 5) is 4.27. The van der Waals surface area contributed by atoms with Crippen LogP contribution in [0.5, 0.6) is 5.75 Å². The summed E-state index contributed by atoms with van der Waals surface area (Å²) < 4.78 is 5.68. The monoisotopic (exact) mass is 266 g/mol. The minimum atomic E-state index is -0.357. The Morgan fingerprint density at radius 3 is 2.58 bits per heavy atom. The second-order valence-electron chi connectivity index (χ2n) is 5.04. The summed E-state index contributed by atoms with van der Waals surface area (Å²) in [6, 6.07) is 3.74. The fourth-order valence-corrected chi connectivity index (χ4v) is 2.07. The van der Waals surface area contributed by atoms with Gasteiger partial charge in [0.15, 0.2) is 11.6 Å². The lowest BCUT2D eigenvalue weighted by Crippen LogP contribution is -2.28. The molecule has 0 saturated heterocycles. The molecule has 0 bridgehead atoms. The Kier molecular flexibility index (Phi) is 6.64. The highest BCUT2D eigenvalue weighted by molar-refractivity contribution is 5.49. The van der Waals surface area contributed by atoms with E-state index >= 15 is 0 Å². The highest BCUT2D eigenvalue weighted by atomic mass is 16.5. The molecule has 4 nitrogen and oxygen atoms in total. The van der Waals surface area contributed by atoms with E-state index in [-0.39, 0.29) is 12.2 Å². The van der Waals surface area contributed by atoms with E-state index in [2.05, 4.69) is 24.1 Å². The first kappa shape index (κ1) is 15.8. The summed E-state index contributed by atoms with van der Waals surface area (Å²) in [5, 5.41) is 13.3. The van der Waals surface area contributed by atoms with E-state index in [1.807, 2.05) is 26.0 Å². The second-order valence-corrected chi connectivity index (χ2v) is 5.04. The molecular weight excluding hydrogens is 240 g/mol. The molecule has 0 spiro atoms. The van der Waals surface area contributed by atoms with Crippen LogP contribution in [0.4, 0.5) is 5.82 Å². The third-order valence-electron chi connectivity index (χ3n) is 3.20. The fourth-order valence-electron chi connectivity index (χ4n) is 2.07. The van der Waals surface area contributed by atoms with E-state index < -0.39 is 0 Å². The van der Waals surface area contributed by atoms with Crippen molar-refractivity contribution in [1.82, 2.24) is 4.98 Å². The van der Waals surface area contributed by atoms with Gasteiger partial charge in [0.2, 0.25) is 0 Å². The molecule has 1 aromatic rings.